The van der Waals surface area contributed by atoms with Gasteiger partial charge in [-0.25, -0.2) is 9.78 Å². The van der Waals surface area contributed by atoms with Gasteiger partial charge >= 0.3 is 5.97 Å². The molecule has 0 bridgehead atoms. The largest absolute Gasteiger partial charge is 0.508 e. The number of phenols is 1. The minimum absolute atomic E-state index is 0.0249. The summed E-state index contributed by atoms with van der Waals surface area (Å²) < 4.78 is 0. The maximum absolute atomic E-state index is 13.5. The molecule has 4 amide bonds. The Labute approximate surface area is 246 Å². The topological polar surface area (TPSA) is 307 Å². The minimum Gasteiger partial charge on any atom is -0.508 e. The van der Waals surface area contributed by atoms with Crippen molar-refractivity contribution in [2.75, 3.05) is 6.54 Å². The van der Waals surface area contributed by atoms with Crippen molar-refractivity contribution in [3.05, 3.63) is 48.0 Å². The molecular formula is C26H38N10O7. The highest BCUT2D eigenvalue weighted by Gasteiger charge is 2.31. The molecule has 0 aliphatic rings. The molecule has 0 fully saturated rings. The molecular weight excluding hydrogens is 564 g/mol. The van der Waals surface area contributed by atoms with Gasteiger partial charge in [-0.3, -0.25) is 24.2 Å². The average Bonchev–Trinajstić information content (AvgIpc) is 3.46. The first-order valence-electron chi connectivity index (χ1n) is 13.3. The van der Waals surface area contributed by atoms with Crippen LogP contribution in [-0.4, -0.2) is 86.5 Å². The van der Waals surface area contributed by atoms with Crippen LogP contribution in [0.1, 0.15) is 36.9 Å². The van der Waals surface area contributed by atoms with Crippen LogP contribution in [0.15, 0.2) is 41.8 Å². The lowest BCUT2D eigenvalue weighted by atomic mass is 10.0. The van der Waals surface area contributed by atoms with Crippen LogP contribution in [0.4, 0.5) is 0 Å². The van der Waals surface area contributed by atoms with Gasteiger partial charge in [-0.15, -0.1) is 0 Å². The van der Waals surface area contributed by atoms with E-state index in [1.54, 1.807) is 0 Å². The number of primary amides is 1. The number of aromatic nitrogens is 2. The summed E-state index contributed by atoms with van der Waals surface area (Å²) >= 11 is 0. The number of hydrogen-bond donors (Lipinski definition) is 10. The molecule has 17 nitrogen and oxygen atoms in total. The molecule has 14 N–H and O–H groups in total. The van der Waals surface area contributed by atoms with E-state index in [2.05, 4.69) is 30.9 Å². The van der Waals surface area contributed by atoms with Crippen LogP contribution in [-0.2, 0) is 36.8 Å². The minimum atomic E-state index is -1.46. The molecule has 0 saturated carbocycles. The second kappa shape index (κ2) is 16.9. The summed E-state index contributed by atoms with van der Waals surface area (Å²) in [5.41, 5.74) is 22.7. The number of imidazole rings is 1. The summed E-state index contributed by atoms with van der Waals surface area (Å²) in [6.07, 6.45) is 2.76. The monoisotopic (exact) mass is 602 g/mol. The first-order chi connectivity index (χ1) is 20.3. The Morgan fingerprint density at radius 1 is 0.884 bits per heavy atom. The standard InChI is InChI=1S/C26H38N10O7/c27-17(2-1-9-32-26(29)30)22(39)35-20(11-15-12-31-13-33-15)24(41)36-19(10-14-3-5-16(37)6-4-14)23(40)34-18(25(42)43)7-8-21(28)38/h3-6,12-13,17-20,37H,1-2,7-11,27H2,(H2,28,38)(H,31,33)(H,34,40)(H,35,39)(H,36,41)(H,42,43)(H4,29,30,32). The first kappa shape index (κ1) is 34.0. The Morgan fingerprint density at radius 2 is 1.49 bits per heavy atom. The van der Waals surface area contributed by atoms with Crippen LogP contribution >= 0.6 is 0 Å². The van der Waals surface area contributed by atoms with Crippen molar-refractivity contribution in [2.24, 2.45) is 27.9 Å². The van der Waals surface area contributed by atoms with Crippen LogP contribution < -0.4 is 38.9 Å². The fourth-order valence-electron chi connectivity index (χ4n) is 3.92. The quantitative estimate of drug-likeness (QED) is 0.0468. The maximum Gasteiger partial charge on any atom is 0.326 e. The van der Waals surface area contributed by atoms with Crippen LogP contribution in [0.5, 0.6) is 5.75 Å². The van der Waals surface area contributed by atoms with Crippen molar-refractivity contribution >= 4 is 35.6 Å². The smallest absolute Gasteiger partial charge is 0.326 e. The number of phenolic OH excluding ortho intramolecular Hbond substituents is 1. The maximum atomic E-state index is 13.5. The second-order valence-corrected chi connectivity index (χ2v) is 9.73. The van der Waals surface area contributed by atoms with E-state index in [1.165, 1.54) is 36.8 Å². The van der Waals surface area contributed by atoms with Gasteiger partial charge in [0.15, 0.2) is 5.96 Å². The van der Waals surface area contributed by atoms with Crippen molar-refractivity contribution in [3.63, 3.8) is 0 Å². The van der Waals surface area contributed by atoms with Crippen molar-refractivity contribution in [1.82, 2.24) is 25.9 Å². The fourth-order valence-corrected chi connectivity index (χ4v) is 3.92. The third-order valence-corrected chi connectivity index (χ3v) is 6.22. The number of aromatic hydroxyl groups is 1. The number of carbonyl (C=O) groups is 5. The highest BCUT2D eigenvalue weighted by Crippen LogP contribution is 2.12. The normalized spacial score (nSPS) is 13.5. The van der Waals surface area contributed by atoms with Crippen LogP contribution in [0, 0.1) is 0 Å². The van der Waals surface area contributed by atoms with Gasteiger partial charge < -0.3 is 54.1 Å². The molecule has 4 unspecified atom stereocenters. The molecule has 234 valence electrons. The highest BCUT2D eigenvalue weighted by molar-refractivity contribution is 5.94. The van der Waals surface area contributed by atoms with E-state index >= 15 is 0 Å². The number of amides is 4. The summed E-state index contributed by atoms with van der Waals surface area (Å²) in [6.45, 7) is 0.256. The van der Waals surface area contributed by atoms with Gasteiger partial charge in [0.1, 0.15) is 23.9 Å². The molecule has 1 heterocycles. The lowest BCUT2D eigenvalue weighted by Crippen LogP contribution is -2.58. The molecule has 2 aromatic rings. The molecule has 2 rings (SSSR count). The zero-order chi connectivity index (χ0) is 31.9. The molecule has 0 aliphatic carbocycles. The van der Waals surface area contributed by atoms with Gasteiger partial charge in [-0.2, -0.15) is 0 Å². The van der Waals surface area contributed by atoms with Crippen molar-refractivity contribution in [1.29, 1.82) is 0 Å². The number of H-pyrrole nitrogens is 1. The molecule has 0 spiro atoms. The van der Waals surface area contributed by atoms with Gasteiger partial charge in [-0.05, 0) is 37.0 Å². The Morgan fingerprint density at radius 3 is 2.05 bits per heavy atom. The third kappa shape index (κ3) is 12.5. The molecule has 0 aliphatic heterocycles. The Hall–Kier alpha value is -5.19. The van der Waals surface area contributed by atoms with Gasteiger partial charge in [0, 0.05) is 37.7 Å². The van der Waals surface area contributed by atoms with Gasteiger partial charge in [0.05, 0.1) is 12.4 Å². The van der Waals surface area contributed by atoms with Crippen LogP contribution in [0.25, 0.3) is 0 Å². The van der Waals surface area contributed by atoms with E-state index in [0.29, 0.717) is 17.7 Å². The predicted octanol–water partition coefficient (Wildman–Crippen LogP) is -2.91. The summed E-state index contributed by atoms with van der Waals surface area (Å²) in [4.78, 5) is 73.1. The van der Waals surface area contributed by atoms with E-state index in [4.69, 9.17) is 22.9 Å². The van der Waals surface area contributed by atoms with Crippen molar-refractivity contribution < 1.29 is 34.2 Å². The van der Waals surface area contributed by atoms with E-state index in [1.807, 2.05) is 0 Å². The number of nitrogens with one attached hydrogen (secondary N) is 4. The number of aromatic amines is 1. The predicted molar refractivity (Wildman–Crippen MR) is 154 cm³/mol. The number of benzene rings is 1. The van der Waals surface area contributed by atoms with E-state index in [9.17, 15) is 34.2 Å². The van der Waals surface area contributed by atoms with Gasteiger partial charge in [-0.1, -0.05) is 12.1 Å². The number of hydrogen-bond acceptors (Lipinski definition) is 9. The molecule has 1 aromatic heterocycles. The Balaban J connectivity index is 2.24. The summed E-state index contributed by atoms with van der Waals surface area (Å²) in [5, 5.41) is 26.7. The summed E-state index contributed by atoms with van der Waals surface area (Å²) in [6, 6.07) is 0.826. The summed E-state index contributed by atoms with van der Waals surface area (Å²) in [7, 11) is 0. The van der Waals surface area contributed by atoms with E-state index in [0.717, 1.165) is 0 Å². The zero-order valence-corrected chi connectivity index (χ0v) is 23.4. The van der Waals surface area contributed by atoms with Crippen molar-refractivity contribution in [3.8, 4) is 5.75 Å². The number of guanidine groups is 1. The van der Waals surface area contributed by atoms with Crippen LogP contribution in [0.3, 0.4) is 0 Å². The lowest BCUT2D eigenvalue weighted by molar-refractivity contribution is -0.142. The number of nitrogens with zero attached hydrogens (tertiary/aromatic N) is 2. The number of aliphatic imine (C=N–C) groups is 1. The van der Waals surface area contributed by atoms with Crippen LogP contribution in [0.2, 0.25) is 0 Å². The second-order valence-electron chi connectivity index (χ2n) is 9.73. The van der Waals surface area contributed by atoms with Gasteiger partial charge in [0.2, 0.25) is 23.6 Å². The average molecular weight is 603 g/mol. The SMILES string of the molecule is NC(=O)CCC(NC(=O)C(Cc1ccc(O)cc1)NC(=O)C(Cc1cnc[nH]1)NC(=O)C(N)CCCN=C(N)N)C(=O)O. The summed E-state index contributed by atoms with van der Waals surface area (Å²) in [5.74, 6) is -4.53. The molecule has 1 aromatic carbocycles. The van der Waals surface area contributed by atoms with E-state index in [-0.39, 0.29) is 50.4 Å². The number of carbonyl (C=O) groups excluding carboxylic acids is 4. The molecule has 43 heavy (non-hydrogen) atoms. The number of nitrogens with two attached hydrogens (primary N) is 4. The van der Waals surface area contributed by atoms with Gasteiger partial charge in [0.25, 0.3) is 0 Å². The molecule has 17 heteroatoms. The number of carboxylic acid groups (broad SMARTS) is 1. The zero-order valence-electron chi connectivity index (χ0n) is 23.4. The molecule has 4 atom stereocenters. The third-order valence-electron chi connectivity index (χ3n) is 6.22. The first-order valence-corrected chi connectivity index (χ1v) is 13.3. The van der Waals surface area contributed by atoms with Crippen molar-refractivity contribution in [2.45, 2.75) is 62.7 Å². The lowest BCUT2D eigenvalue weighted by Gasteiger charge is -2.25. The number of aliphatic carboxylic acids is 1. The number of carboxylic acids is 1. The molecule has 0 radical (unpaired) electrons. The molecule has 0 saturated heterocycles. The van der Waals surface area contributed by atoms with E-state index < -0.39 is 53.8 Å². The Kier molecular flexibility index (Phi) is 13.4. The number of rotatable bonds is 18. The fraction of sp³-hybridized carbons (Fsp3) is 0.423. The highest BCUT2D eigenvalue weighted by atomic mass is 16.4. The Bertz CT molecular complexity index is 1260.